The molecular formula is C30H25ClO2Sn2. The van der Waals surface area contributed by atoms with E-state index in [-0.39, 0.29) is 0 Å². The third-order valence-corrected chi connectivity index (χ3v) is 38.7. The molecule has 0 fully saturated rings. The summed E-state index contributed by atoms with van der Waals surface area (Å²) in [4.78, 5) is 0. The second kappa shape index (κ2) is 11.2. The van der Waals surface area contributed by atoms with Gasteiger partial charge >= 0.3 is 222 Å². The van der Waals surface area contributed by atoms with Crippen molar-refractivity contribution in [2.24, 2.45) is 0 Å². The minimum atomic E-state index is -4.39. The Bertz CT molecular complexity index is 1260. The number of hydrogen-bond acceptors (Lipinski definition) is 2. The molecule has 0 atom stereocenters. The van der Waals surface area contributed by atoms with Crippen molar-refractivity contribution in [3.8, 4) is 5.75 Å². The maximum absolute atomic E-state index is 7.80. The Morgan fingerprint density at radius 2 is 0.714 bits per heavy atom. The van der Waals surface area contributed by atoms with E-state index in [2.05, 4.69) is 72.8 Å². The van der Waals surface area contributed by atoms with Crippen molar-refractivity contribution in [3.05, 3.63) is 152 Å². The van der Waals surface area contributed by atoms with E-state index >= 15 is 0 Å². The Balaban J connectivity index is 1.77. The Morgan fingerprint density at radius 3 is 1.09 bits per heavy atom. The molecule has 0 N–H and O–H groups in total. The van der Waals surface area contributed by atoms with Gasteiger partial charge in [0.25, 0.3) is 0 Å². The SMILES string of the molecule is [Cl][Sn]([O][Sn]([O]c1ccccc1)([c]1ccccc1)[c]1ccccc1)([c]1ccccc1)[c]1ccccc1. The fourth-order valence-electron chi connectivity index (χ4n) is 4.18. The Morgan fingerprint density at radius 1 is 0.400 bits per heavy atom. The van der Waals surface area contributed by atoms with Gasteiger partial charge in [0.05, 0.1) is 0 Å². The molecule has 0 aliphatic carbocycles. The first-order valence-electron chi connectivity index (χ1n) is 11.6. The van der Waals surface area contributed by atoms with Gasteiger partial charge in [0.15, 0.2) is 0 Å². The van der Waals surface area contributed by atoms with Crippen LogP contribution in [0.25, 0.3) is 0 Å². The second-order valence-electron chi connectivity index (χ2n) is 8.19. The molecule has 2 nitrogen and oxygen atoms in total. The molecular weight excluding hydrogens is 665 g/mol. The minimum absolute atomic E-state index is 0.794. The predicted molar refractivity (Wildman–Crippen MR) is 150 cm³/mol. The second-order valence-corrected chi connectivity index (χ2v) is 30.3. The molecule has 0 saturated heterocycles. The van der Waals surface area contributed by atoms with Crippen molar-refractivity contribution in [2.75, 3.05) is 0 Å². The molecule has 35 heavy (non-hydrogen) atoms. The third kappa shape index (κ3) is 5.31. The molecule has 0 radical (unpaired) electrons. The van der Waals surface area contributed by atoms with Crippen LogP contribution in [0.15, 0.2) is 152 Å². The summed E-state index contributed by atoms with van der Waals surface area (Å²) in [7, 11) is 7.80. The molecule has 5 heteroatoms. The van der Waals surface area contributed by atoms with Gasteiger partial charge in [-0.1, -0.05) is 0 Å². The molecule has 5 aromatic rings. The summed E-state index contributed by atoms with van der Waals surface area (Å²) in [6.45, 7) is 0. The van der Waals surface area contributed by atoms with Crippen LogP contribution in [0, 0.1) is 0 Å². The van der Waals surface area contributed by atoms with Crippen LogP contribution >= 0.6 is 8.92 Å². The zero-order chi connectivity index (χ0) is 24.0. The van der Waals surface area contributed by atoms with Gasteiger partial charge in [-0.25, -0.2) is 0 Å². The van der Waals surface area contributed by atoms with Crippen LogP contribution in [0.4, 0.5) is 0 Å². The molecule has 5 rings (SSSR count). The van der Waals surface area contributed by atoms with E-state index in [0.717, 1.165) is 20.1 Å². The van der Waals surface area contributed by atoms with Crippen molar-refractivity contribution >= 4 is 60.1 Å². The first-order valence-corrected chi connectivity index (χ1v) is 24.4. The van der Waals surface area contributed by atoms with Gasteiger partial charge in [0.1, 0.15) is 0 Å². The van der Waals surface area contributed by atoms with E-state index in [0.29, 0.717) is 0 Å². The summed E-state index contributed by atoms with van der Waals surface area (Å²) in [5, 5.41) is 0. The van der Waals surface area contributed by atoms with Gasteiger partial charge in [-0.05, 0) is 0 Å². The molecule has 5 aromatic carbocycles. The fourth-order valence-corrected chi connectivity index (χ4v) is 41.8. The number of para-hydroxylation sites is 1. The number of hydrogen-bond donors (Lipinski definition) is 0. The Hall–Kier alpha value is -2.25. The van der Waals surface area contributed by atoms with E-state index in [1.165, 1.54) is 0 Å². The van der Waals surface area contributed by atoms with Crippen LogP contribution in [-0.2, 0) is 1.41 Å². The molecule has 0 heterocycles. The van der Waals surface area contributed by atoms with E-state index in [9.17, 15) is 0 Å². The van der Waals surface area contributed by atoms with Crippen LogP contribution in [-0.4, -0.2) is 36.9 Å². The standard InChI is InChI=1S/C6H6O.4C6H5.ClH.O.2Sn/c7-6-4-2-1-3-5-6;4*1-2-4-6-5-3-1;;;;/h1-5,7H;4*1-5H;1H;;;/q;;;;;;;2*+1/p-2. The summed E-state index contributed by atoms with van der Waals surface area (Å²) in [5.41, 5.74) is 0. The van der Waals surface area contributed by atoms with Crippen LogP contribution in [0.5, 0.6) is 5.75 Å². The monoisotopic (exact) mass is 692 g/mol. The van der Waals surface area contributed by atoms with Crippen LogP contribution in [0.3, 0.4) is 0 Å². The van der Waals surface area contributed by atoms with Crippen molar-refractivity contribution in [3.63, 3.8) is 0 Å². The van der Waals surface area contributed by atoms with E-state index in [1.54, 1.807) is 0 Å². The first kappa shape index (κ1) is 24.4. The molecule has 0 aliphatic rings. The topological polar surface area (TPSA) is 18.5 Å². The molecule has 0 unspecified atom stereocenters. The number of rotatable bonds is 8. The fraction of sp³-hybridized carbons (Fsp3) is 0. The molecule has 172 valence electrons. The maximum atomic E-state index is 7.80. The van der Waals surface area contributed by atoms with Gasteiger partial charge < -0.3 is 0 Å². The molecule has 0 bridgehead atoms. The summed E-state index contributed by atoms with van der Waals surface area (Å²) in [6, 6.07) is 51.4. The predicted octanol–water partition coefficient (Wildman–Crippen LogP) is 4.83. The Kier molecular flexibility index (Phi) is 7.83. The van der Waals surface area contributed by atoms with Crippen molar-refractivity contribution < 1.29 is 4.49 Å². The average Bonchev–Trinajstić information content (AvgIpc) is 2.95. The van der Waals surface area contributed by atoms with Crippen LogP contribution in [0.1, 0.15) is 0 Å². The van der Waals surface area contributed by atoms with Crippen molar-refractivity contribution in [1.29, 1.82) is 0 Å². The average molecular weight is 690 g/mol. The number of benzene rings is 5. The van der Waals surface area contributed by atoms with Crippen molar-refractivity contribution in [2.45, 2.75) is 0 Å². The quantitative estimate of drug-likeness (QED) is 0.218. The molecule has 0 amide bonds. The van der Waals surface area contributed by atoms with E-state index in [1.807, 2.05) is 78.9 Å². The zero-order valence-corrected chi connectivity index (χ0v) is 25.6. The van der Waals surface area contributed by atoms with Crippen LogP contribution < -0.4 is 17.4 Å². The van der Waals surface area contributed by atoms with Gasteiger partial charge in [0, 0.05) is 0 Å². The van der Waals surface area contributed by atoms with Crippen LogP contribution in [0.2, 0.25) is 0 Å². The summed E-state index contributed by atoms with van der Waals surface area (Å²) >= 11 is -8.61. The van der Waals surface area contributed by atoms with Crippen molar-refractivity contribution in [1.82, 2.24) is 0 Å². The Labute approximate surface area is 220 Å². The summed E-state index contributed by atoms with van der Waals surface area (Å²) in [6.07, 6.45) is 0. The first-order chi connectivity index (χ1) is 17.2. The molecule has 0 aromatic heterocycles. The third-order valence-electron chi connectivity index (χ3n) is 5.89. The molecule has 0 spiro atoms. The summed E-state index contributed by atoms with van der Waals surface area (Å²) in [5.74, 6) is 0.794. The van der Waals surface area contributed by atoms with Gasteiger partial charge in [0.2, 0.25) is 0 Å². The zero-order valence-electron chi connectivity index (χ0n) is 19.1. The van der Waals surface area contributed by atoms with Gasteiger partial charge in [-0.15, -0.1) is 0 Å². The summed E-state index contributed by atoms with van der Waals surface area (Å²) < 4.78 is 18.9. The van der Waals surface area contributed by atoms with Gasteiger partial charge in [-0.3, -0.25) is 0 Å². The van der Waals surface area contributed by atoms with E-state index in [4.69, 9.17) is 13.4 Å². The molecule has 0 saturated carbocycles. The normalized spacial score (nSPS) is 11.7. The van der Waals surface area contributed by atoms with Gasteiger partial charge in [-0.2, -0.15) is 0 Å². The molecule has 0 aliphatic heterocycles. The number of halogens is 1. The van der Waals surface area contributed by atoms with E-state index < -0.39 is 36.9 Å².